The van der Waals surface area contributed by atoms with Gasteiger partial charge in [-0.25, -0.2) is 5.48 Å². The van der Waals surface area contributed by atoms with Crippen molar-refractivity contribution in [1.82, 2.24) is 5.48 Å². The number of amides is 1. The Morgan fingerprint density at radius 3 is 1.96 bits per heavy atom. The third kappa shape index (κ3) is 9.24. The maximum atomic E-state index is 11.2. The van der Waals surface area contributed by atoms with E-state index in [1.807, 2.05) is 0 Å². The summed E-state index contributed by atoms with van der Waals surface area (Å²) >= 11 is 0. The van der Waals surface area contributed by atoms with Crippen molar-refractivity contribution in [3.05, 3.63) is 29.8 Å². The highest BCUT2D eigenvalue weighted by Crippen LogP contribution is 2.14. The lowest BCUT2D eigenvalue weighted by Crippen LogP contribution is -2.18. The smallest absolute Gasteiger partial charge is 0.274 e. The minimum Gasteiger partial charge on any atom is -0.494 e. The molecule has 0 unspecified atom stereocenters. The quantitative estimate of drug-likeness (QED) is 0.302. The van der Waals surface area contributed by atoms with Crippen molar-refractivity contribution >= 4 is 5.91 Å². The molecule has 0 saturated heterocycles. The van der Waals surface area contributed by atoms with E-state index in [9.17, 15) is 4.79 Å². The molecule has 0 atom stereocenters. The topological polar surface area (TPSA) is 58.6 Å². The second-order valence-corrected chi connectivity index (χ2v) is 6.00. The van der Waals surface area contributed by atoms with Gasteiger partial charge in [0.05, 0.1) is 6.61 Å². The largest absolute Gasteiger partial charge is 0.494 e. The molecule has 0 saturated carbocycles. The summed E-state index contributed by atoms with van der Waals surface area (Å²) in [4.78, 5) is 11.2. The monoisotopic (exact) mass is 321 g/mol. The van der Waals surface area contributed by atoms with Gasteiger partial charge in [-0.05, 0) is 30.7 Å². The van der Waals surface area contributed by atoms with E-state index in [1.165, 1.54) is 57.8 Å². The van der Waals surface area contributed by atoms with Crippen LogP contribution in [0.2, 0.25) is 0 Å². The van der Waals surface area contributed by atoms with Crippen LogP contribution in [0.3, 0.4) is 0 Å². The van der Waals surface area contributed by atoms with E-state index < -0.39 is 5.91 Å². The summed E-state index contributed by atoms with van der Waals surface area (Å²) in [7, 11) is 0. The Morgan fingerprint density at radius 2 is 1.43 bits per heavy atom. The minimum absolute atomic E-state index is 0.416. The van der Waals surface area contributed by atoms with Gasteiger partial charge in [0, 0.05) is 5.56 Å². The summed E-state index contributed by atoms with van der Waals surface area (Å²) in [5.41, 5.74) is 2.03. The SMILES string of the molecule is CCCCCCCCCCCCOc1ccc(C(=O)NO)cc1. The number of hydrogen-bond donors (Lipinski definition) is 2. The van der Waals surface area contributed by atoms with Gasteiger partial charge < -0.3 is 4.74 Å². The fourth-order valence-corrected chi connectivity index (χ4v) is 2.55. The maximum absolute atomic E-state index is 11.2. The number of hydroxylamine groups is 1. The summed E-state index contributed by atoms with van der Waals surface area (Å²) in [6, 6.07) is 6.78. The number of benzene rings is 1. The first-order chi connectivity index (χ1) is 11.3. The van der Waals surface area contributed by atoms with E-state index in [4.69, 9.17) is 9.94 Å². The van der Waals surface area contributed by atoms with Crippen LogP contribution in [0.25, 0.3) is 0 Å². The summed E-state index contributed by atoms with van der Waals surface area (Å²) in [6.45, 7) is 2.96. The summed E-state index contributed by atoms with van der Waals surface area (Å²) in [6.07, 6.45) is 13.1. The molecule has 0 heterocycles. The number of carbonyl (C=O) groups is 1. The number of rotatable bonds is 13. The van der Waals surface area contributed by atoms with Crippen LogP contribution < -0.4 is 10.2 Å². The van der Waals surface area contributed by atoms with Gasteiger partial charge >= 0.3 is 0 Å². The van der Waals surface area contributed by atoms with Crippen molar-refractivity contribution in [2.45, 2.75) is 71.1 Å². The number of ether oxygens (including phenoxy) is 1. The van der Waals surface area contributed by atoms with Gasteiger partial charge in [0.25, 0.3) is 5.91 Å². The van der Waals surface area contributed by atoms with Gasteiger partial charge in [-0.15, -0.1) is 0 Å². The molecule has 4 heteroatoms. The third-order valence-corrected chi connectivity index (χ3v) is 3.98. The molecule has 0 radical (unpaired) electrons. The van der Waals surface area contributed by atoms with Crippen molar-refractivity contribution in [3.63, 3.8) is 0 Å². The summed E-state index contributed by atoms with van der Waals surface area (Å²) in [5.74, 6) is 0.252. The molecule has 0 fully saturated rings. The first-order valence-electron chi connectivity index (χ1n) is 8.95. The Hall–Kier alpha value is -1.55. The average Bonchev–Trinajstić information content (AvgIpc) is 2.59. The molecule has 1 amide bonds. The lowest BCUT2D eigenvalue weighted by molar-refractivity contribution is 0.0706. The average molecular weight is 321 g/mol. The number of carbonyl (C=O) groups excluding carboxylic acids is 1. The van der Waals surface area contributed by atoms with Gasteiger partial charge in [-0.3, -0.25) is 10.0 Å². The first-order valence-corrected chi connectivity index (χ1v) is 8.95. The van der Waals surface area contributed by atoms with Crippen molar-refractivity contribution in [1.29, 1.82) is 0 Å². The Labute approximate surface area is 140 Å². The molecule has 0 spiro atoms. The summed E-state index contributed by atoms with van der Waals surface area (Å²) < 4.78 is 5.65. The molecule has 1 aromatic rings. The van der Waals surface area contributed by atoms with E-state index in [1.54, 1.807) is 29.7 Å². The van der Waals surface area contributed by atoms with Gasteiger partial charge in [0.2, 0.25) is 0 Å². The van der Waals surface area contributed by atoms with Gasteiger partial charge in [-0.2, -0.15) is 0 Å². The van der Waals surface area contributed by atoms with Crippen molar-refractivity contribution in [2.24, 2.45) is 0 Å². The molecular formula is C19H31NO3. The Morgan fingerprint density at radius 1 is 0.913 bits per heavy atom. The zero-order chi connectivity index (χ0) is 16.8. The number of nitrogens with one attached hydrogen (secondary N) is 1. The highest BCUT2D eigenvalue weighted by molar-refractivity contribution is 5.93. The van der Waals surface area contributed by atoms with Crippen molar-refractivity contribution in [3.8, 4) is 5.75 Å². The zero-order valence-electron chi connectivity index (χ0n) is 14.4. The number of hydrogen-bond acceptors (Lipinski definition) is 3. The Kier molecular flexibility index (Phi) is 11.0. The second kappa shape index (κ2) is 12.9. The van der Waals surface area contributed by atoms with Gasteiger partial charge in [0.1, 0.15) is 5.75 Å². The molecule has 0 aromatic heterocycles. The van der Waals surface area contributed by atoms with E-state index in [0.717, 1.165) is 12.2 Å². The van der Waals surface area contributed by atoms with Crippen LogP contribution in [0.1, 0.15) is 81.5 Å². The van der Waals surface area contributed by atoms with Crippen LogP contribution in [0.15, 0.2) is 24.3 Å². The van der Waals surface area contributed by atoms with E-state index in [2.05, 4.69) is 6.92 Å². The van der Waals surface area contributed by atoms with Crippen LogP contribution in [0.5, 0.6) is 5.75 Å². The fourth-order valence-electron chi connectivity index (χ4n) is 2.55. The standard InChI is InChI=1S/C19H31NO3/c1-2-3-4-5-6-7-8-9-10-11-16-23-18-14-12-17(13-15-18)19(21)20-22/h12-15,22H,2-11,16H2,1H3,(H,20,21). The molecule has 1 rings (SSSR count). The normalized spacial score (nSPS) is 10.5. The number of unbranched alkanes of at least 4 members (excludes halogenated alkanes) is 9. The van der Waals surface area contributed by atoms with Crippen molar-refractivity contribution < 1.29 is 14.7 Å². The predicted octanol–water partition coefficient (Wildman–Crippen LogP) is 5.11. The van der Waals surface area contributed by atoms with Crippen LogP contribution in [0.4, 0.5) is 0 Å². The molecular weight excluding hydrogens is 290 g/mol. The predicted molar refractivity (Wildman–Crippen MR) is 93.0 cm³/mol. The van der Waals surface area contributed by atoms with E-state index in [-0.39, 0.29) is 0 Å². The molecule has 4 nitrogen and oxygen atoms in total. The van der Waals surface area contributed by atoms with Gasteiger partial charge in [-0.1, -0.05) is 64.7 Å². The highest BCUT2D eigenvalue weighted by Gasteiger charge is 2.03. The molecule has 2 N–H and O–H groups in total. The Bertz CT molecular complexity index is 417. The zero-order valence-corrected chi connectivity index (χ0v) is 14.4. The minimum atomic E-state index is -0.508. The van der Waals surface area contributed by atoms with E-state index >= 15 is 0 Å². The second-order valence-electron chi connectivity index (χ2n) is 6.00. The maximum Gasteiger partial charge on any atom is 0.274 e. The molecule has 130 valence electrons. The molecule has 1 aromatic carbocycles. The van der Waals surface area contributed by atoms with Crippen LogP contribution in [-0.4, -0.2) is 17.7 Å². The molecule has 23 heavy (non-hydrogen) atoms. The van der Waals surface area contributed by atoms with Crippen LogP contribution in [0, 0.1) is 0 Å². The molecule has 0 bridgehead atoms. The highest BCUT2D eigenvalue weighted by atomic mass is 16.5. The van der Waals surface area contributed by atoms with Gasteiger partial charge in [0.15, 0.2) is 0 Å². The Balaban J connectivity index is 1.97. The molecule has 0 aliphatic heterocycles. The van der Waals surface area contributed by atoms with Crippen molar-refractivity contribution in [2.75, 3.05) is 6.61 Å². The fraction of sp³-hybridized carbons (Fsp3) is 0.632. The third-order valence-electron chi connectivity index (χ3n) is 3.98. The van der Waals surface area contributed by atoms with Crippen LogP contribution in [-0.2, 0) is 0 Å². The molecule has 0 aliphatic carbocycles. The summed E-state index contributed by atoms with van der Waals surface area (Å²) in [5, 5.41) is 8.54. The first kappa shape index (κ1) is 19.5. The van der Waals surface area contributed by atoms with E-state index in [0.29, 0.717) is 12.2 Å². The lowest BCUT2D eigenvalue weighted by Gasteiger charge is -2.07. The lowest BCUT2D eigenvalue weighted by atomic mass is 10.1. The molecule has 0 aliphatic rings. The van der Waals surface area contributed by atoms with Crippen LogP contribution >= 0.6 is 0 Å².